The maximum Gasteiger partial charge on any atom is 0.131 e. The van der Waals surface area contributed by atoms with Gasteiger partial charge in [-0.25, -0.2) is 0 Å². The molecule has 0 saturated carbocycles. The molecule has 0 unspecified atom stereocenters. The lowest BCUT2D eigenvalue weighted by atomic mass is 9.81. The van der Waals surface area contributed by atoms with Gasteiger partial charge in [-0.1, -0.05) is 65.9 Å². The average Bonchev–Trinajstić information content (AvgIpc) is 3.12. The first-order valence-electron chi connectivity index (χ1n) is 12.9. The molecule has 3 nitrogen and oxygen atoms in total. The van der Waals surface area contributed by atoms with Gasteiger partial charge in [0.2, 0.25) is 0 Å². The molecule has 4 heteroatoms. The smallest absolute Gasteiger partial charge is 0.131 e. The molecule has 0 atom stereocenters. The topological polar surface area (TPSA) is 27.7 Å². The van der Waals surface area contributed by atoms with Crippen LogP contribution in [0.4, 0.5) is 0 Å². The number of rotatable bonds is 6. The Balaban J connectivity index is 1.88. The minimum absolute atomic E-state index is 0.0470. The van der Waals surface area contributed by atoms with E-state index in [4.69, 9.17) is 14.2 Å². The Labute approximate surface area is 208 Å². The number of hydrogen-bond acceptors (Lipinski definition) is 3. The first kappa shape index (κ1) is 25.5. The highest BCUT2D eigenvalue weighted by Gasteiger charge is 2.55. The Morgan fingerprint density at radius 1 is 0.794 bits per heavy atom. The van der Waals surface area contributed by atoms with Crippen LogP contribution in [0.15, 0.2) is 42.5 Å². The zero-order chi connectivity index (χ0) is 24.7. The van der Waals surface area contributed by atoms with Gasteiger partial charge in [0.1, 0.15) is 11.5 Å². The van der Waals surface area contributed by atoms with Gasteiger partial charge in [-0.3, -0.25) is 0 Å². The fraction of sp³-hybridized carbons (Fsp3) is 0.600. The van der Waals surface area contributed by atoms with Gasteiger partial charge in [0.25, 0.3) is 0 Å². The Kier molecular flexibility index (Phi) is 7.11. The molecule has 4 rings (SSSR count). The molecule has 1 spiro atoms. The van der Waals surface area contributed by atoms with Crippen LogP contribution in [0.5, 0.6) is 11.5 Å². The van der Waals surface area contributed by atoms with Crippen molar-refractivity contribution in [2.45, 2.75) is 109 Å². The van der Waals surface area contributed by atoms with Gasteiger partial charge in [-0.05, 0) is 86.7 Å². The molecule has 186 valence electrons. The third-order valence-corrected chi connectivity index (χ3v) is 10.6. The molecule has 2 fully saturated rings. The Morgan fingerprint density at radius 2 is 1.35 bits per heavy atom. The van der Waals surface area contributed by atoms with Crippen LogP contribution in [-0.4, -0.2) is 34.7 Å². The Morgan fingerprint density at radius 3 is 1.85 bits per heavy atom. The third-order valence-electron chi connectivity index (χ3n) is 7.03. The summed E-state index contributed by atoms with van der Waals surface area (Å²) in [5.41, 5.74) is 2.39. The predicted octanol–water partition coefficient (Wildman–Crippen LogP) is 7.94. The van der Waals surface area contributed by atoms with Gasteiger partial charge in [-0.15, -0.1) is 0 Å². The summed E-state index contributed by atoms with van der Waals surface area (Å²) in [4.78, 5) is 0. The van der Waals surface area contributed by atoms with E-state index < -0.39 is 7.92 Å². The van der Waals surface area contributed by atoms with E-state index in [0.29, 0.717) is 0 Å². The normalized spacial score (nSPS) is 21.4. The molecular formula is C30H43O3P. The molecule has 0 radical (unpaired) electrons. The molecule has 2 aliphatic rings. The average molecular weight is 483 g/mol. The van der Waals surface area contributed by atoms with Crippen LogP contribution in [0.1, 0.15) is 81.1 Å². The van der Waals surface area contributed by atoms with Crippen LogP contribution in [0.3, 0.4) is 0 Å². The van der Waals surface area contributed by atoms with E-state index in [1.807, 2.05) is 6.07 Å². The Bertz CT molecular complexity index is 954. The molecular weight excluding hydrogens is 439 g/mol. The first-order chi connectivity index (χ1) is 15.9. The van der Waals surface area contributed by atoms with E-state index in [0.717, 1.165) is 36.5 Å². The second-order valence-corrected chi connectivity index (χ2v) is 15.5. The van der Waals surface area contributed by atoms with E-state index in [1.165, 1.54) is 23.7 Å². The molecule has 0 aliphatic carbocycles. The minimum atomic E-state index is -0.496. The number of hydrogen-bond donors (Lipinski definition) is 0. The number of benzene rings is 2. The van der Waals surface area contributed by atoms with Crippen LogP contribution in [-0.2, 0) is 4.74 Å². The zero-order valence-corrected chi connectivity index (χ0v) is 23.3. The van der Waals surface area contributed by atoms with Crippen molar-refractivity contribution in [3.05, 3.63) is 42.5 Å². The lowest BCUT2D eigenvalue weighted by molar-refractivity contribution is -0.0273. The van der Waals surface area contributed by atoms with E-state index in [9.17, 15) is 0 Å². The van der Waals surface area contributed by atoms with Crippen LogP contribution >= 0.6 is 7.92 Å². The van der Waals surface area contributed by atoms with Crippen molar-refractivity contribution in [2.24, 2.45) is 0 Å². The second kappa shape index (κ2) is 9.47. The lowest BCUT2D eigenvalue weighted by Gasteiger charge is -2.56. The fourth-order valence-corrected chi connectivity index (χ4v) is 11.2. The van der Waals surface area contributed by atoms with Crippen LogP contribution < -0.4 is 14.8 Å². The summed E-state index contributed by atoms with van der Waals surface area (Å²) in [6.45, 7) is 19.2. The van der Waals surface area contributed by atoms with Crippen LogP contribution in [0, 0.1) is 0 Å². The van der Waals surface area contributed by atoms with Crippen molar-refractivity contribution >= 4 is 13.2 Å². The van der Waals surface area contributed by atoms with Gasteiger partial charge in [-0.2, -0.15) is 0 Å². The highest BCUT2D eigenvalue weighted by molar-refractivity contribution is 7.69. The predicted molar refractivity (Wildman–Crippen MR) is 145 cm³/mol. The summed E-state index contributed by atoms with van der Waals surface area (Å²) >= 11 is 0. The van der Waals surface area contributed by atoms with Crippen molar-refractivity contribution in [1.82, 2.24) is 0 Å². The molecule has 34 heavy (non-hydrogen) atoms. The molecule has 0 aromatic heterocycles. The molecule has 2 aliphatic heterocycles. The van der Waals surface area contributed by atoms with Crippen molar-refractivity contribution in [3.8, 4) is 22.6 Å². The largest absolute Gasteiger partial charge is 0.490 e. The molecule has 0 amide bonds. The third kappa shape index (κ3) is 5.02. The van der Waals surface area contributed by atoms with Gasteiger partial charge in [0.05, 0.1) is 23.4 Å². The highest BCUT2D eigenvalue weighted by atomic mass is 31.1. The molecule has 0 bridgehead atoms. The fourth-order valence-electron chi connectivity index (χ4n) is 6.66. The summed E-state index contributed by atoms with van der Waals surface area (Å²) in [6.07, 6.45) is 4.82. The van der Waals surface area contributed by atoms with E-state index >= 15 is 0 Å². The highest BCUT2D eigenvalue weighted by Crippen LogP contribution is 2.69. The quantitative estimate of drug-likeness (QED) is 0.391. The molecule has 2 heterocycles. The van der Waals surface area contributed by atoms with Gasteiger partial charge < -0.3 is 14.2 Å². The van der Waals surface area contributed by atoms with Crippen molar-refractivity contribution < 1.29 is 14.2 Å². The first-order valence-corrected chi connectivity index (χ1v) is 14.3. The summed E-state index contributed by atoms with van der Waals surface area (Å²) in [6, 6.07) is 15.2. The molecule has 2 saturated heterocycles. The summed E-state index contributed by atoms with van der Waals surface area (Å²) in [5.74, 6) is 1.80. The molecule has 2 aromatic rings. The zero-order valence-electron chi connectivity index (χ0n) is 22.4. The van der Waals surface area contributed by atoms with Crippen molar-refractivity contribution in [1.29, 1.82) is 0 Å². The maximum atomic E-state index is 6.45. The number of ether oxygens (including phenoxy) is 3. The summed E-state index contributed by atoms with van der Waals surface area (Å²) in [5, 5.41) is 1.77. The summed E-state index contributed by atoms with van der Waals surface area (Å²) in [7, 11) is -0.496. The lowest BCUT2D eigenvalue weighted by Crippen LogP contribution is -2.51. The van der Waals surface area contributed by atoms with Gasteiger partial charge in [0.15, 0.2) is 0 Å². The maximum absolute atomic E-state index is 6.45. The van der Waals surface area contributed by atoms with E-state index in [1.54, 1.807) is 0 Å². The van der Waals surface area contributed by atoms with Crippen molar-refractivity contribution in [2.75, 3.05) is 6.61 Å². The molecule has 2 aromatic carbocycles. The van der Waals surface area contributed by atoms with Crippen LogP contribution in [0.2, 0.25) is 0 Å². The summed E-state index contributed by atoms with van der Waals surface area (Å²) < 4.78 is 19.2. The van der Waals surface area contributed by atoms with Crippen molar-refractivity contribution in [3.63, 3.8) is 0 Å². The van der Waals surface area contributed by atoms with Crippen LogP contribution in [0.25, 0.3) is 11.1 Å². The monoisotopic (exact) mass is 482 g/mol. The van der Waals surface area contributed by atoms with Gasteiger partial charge >= 0.3 is 0 Å². The van der Waals surface area contributed by atoms with Gasteiger partial charge in [0, 0.05) is 6.61 Å². The van der Waals surface area contributed by atoms with E-state index in [2.05, 4.69) is 91.8 Å². The standard InChI is InChI=1S/C30H43O3P/c1-21(2)32-24-14-11-15-25(33-22(3)4)27(24)23-13-9-10-16-26(23)34-28(5,6)19-30(17-12-18-31-30)20-29(34,7)8/h9-11,13-16,21-22H,12,17-20H2,1-8H3. The van der Waals surface area contributed by atoms with E-state index in [-0.39, 0.29) is 28.1 Å². The molecule has 0 N–H and O–H groups in total. The minimum Gasteiger partial charge on any atom is -0.490 e. The second-order valence-electron chi connectivity index (χ2n) is 11.9. The Hall–Kier alpha value is -1.57. The SMILES string of the molecule is CC(C)Oc1cccc(OC(C)C)c1-c1ccccc1P1C(C)(C)CC2(CCCO2)CC1(C)C.